The van der Waals surface area contributed by atoms with Crippen molar-refractivity contribution in [1.82, 2.24) is 0 Å². The Kier molecular flexibility index (Phi) is 5.74. The first-order chi connectivity index (χ1) is 11.1. The van der Waals surface area contributed by atoms with E-state index in [1.54, 1.807) is 36.4 Å². The molecule has 0 bridgehead atoms. The Morgan fingerprint density at radius 2 is 1.65 bits per heavy atom. The molecule has 0 aliphatic rings. The zero-order valence-corrected chi connectivity index (χ0v) is 13.2. The van der Waals surface area contributed by atoms with E-state index < -0.39 is 5.97 Å². The number of esters is 1. The van der Waals surface area contributed by atoms with Crippen LogP contribution in [0.3, 0.4) is 0 Å². The van der Waals surface area contributed by atoms with Crippen LogP contribution in [0.5, 0.6) is 5.75 Å². The van der Waals surface area contributed by atoms with Crippen LogP contribution in [0.4, 0.5) is 5.69 Å². The summed E-state index contributed by atoms with van der Waals surface area (Å²) in [7, 11) is 0. The smallest absolute Gasteiger partial charge is 0.338 e. The molecule has 0 aliphatic carbocycles. The lowest BCUT2D eigenvalue weighted by Gasteiger charge is -2.07. The second kappa shape index (κ2) is 7.98. The summed E-state index contributed by atoms with van der Waals surface area (Å²) >= 11 is 0. The zero-order chi connectivity index (χ0) is 16.7. The summed E-state index contributed by atoms with van der Waals surface area (Å²) in [4.78, 5) is 23.6. The molecule has 0 aromatic heterocycles. The third-order valence-electron chi connectivity index (χ3n) is 3.07. The van der Waals surface area contributed by atoms with Gasteiger partial charge in [0.15, 0.2) is 6.61 Å². The molecular formula is C18H19NO4. The van der Waals surface area contributed by atoms with E-state index in [-0.39, 0.29) is 12.5 Å². The number of rotatable bonds is 6. The van der Waals surface area contributed by atoms with Gasteiger partial charge in [-0.05, 0) is 50.2 Å². The van der Waals surface area contributed by atoms with E-state index in [0.29, 0.717) is 23.6 Å². The first-order valence-corrected chi connectivity index (χ1v) is 7.35. The van der Waals surface area contributed by atoms with Gasteiger partial charge in [0.1, 0.15) is 5.75 Å². The first-order valence-electron chi connectivity index (χ1n) is 7.35. The Morgan fingerprint density at radius 3 is 2.26 bits per heavy atom. The van der Waals surface area contributed by atoms with Gasteiger partial charge in [0.25, 0.3) is 5.91 Å². The van der Waals surface area contributed by atoms with E-state index in [2.05, 4.69) is 5.32 Å². The molecule has 0 spiro atoms. The summed E-state index contributed by atoms with van der Waals surface area (Å²) in [5, 5.41) is 2.67. The summed E-state index contributed by atoms with van der Waals surface area (Å²) in [5.41, 5.74) is 2.14. The van der Waals surface area contributed by atoms with Gasteiger partial charge < -0.3 is 14.8 Å². The van der Waals surface area contributed by atoms with E-state index in [4.69, 9.17) is 9.47 Å². The molecular weight excluding hydrogens is 294 g/mol. The van der Waals surface area contributed by atoms with Gasteiger partial charge >= 0.3 is 5.97 Å². The normalized spacial score (nSPS) is 10.0. The highest BCUT2D eigenvalue weighted by Crippen LogP contribution is 2.13. The van der Waals surface area contributed by atoms with Gasteiger partial charge in [0, 0.05) is 5.69 Å². The molecule has 120 valence electrons. The molecule has 5 nitrogen and oxygen atoms in total. The zero-order valence-electron chi connectivity index (χ0n) is 13.2. The van der Waals surface area contributed by atoms with Crippen LogP contribution in [0.2, 0.25) is 0 Å². The number of carbonyl (C=O) groups excluding carboxylic acids is 2. The quantitative estimate of drug-likeness (QED) is 0.832. The molecule has 1 amide bonds. The molecule has 5 heteroatoms. The van der Waals surface area contributed by atoms with E-state index in [1.807, 2.05) is 26.0 Å². The largest absolute Gasteiger partial charge is 0.494 e. The second-order valence-electron chi connectivity index (χ2n) is 4.95. The van der Waals surface area contributed by atoms with E-state index in [0.717, 1.165) is 5.56 Å². The number of carbonyl (C=O) groups is 2. The number of benzene rings is 2. The molecule has 0 fully saturated rings. The fourth-order valence-electron chi connectivity index (χ4n) is 1.90. The summed E-state index contributed by atoms with van der Waals surface area (Å²) in [6.45, 7) is 4.07. The molecule has 0 unspecified atom stereocenters. The van der Waals surface area contributed by atoms with Crippen LogP contribution in [0, 0.1) is 6.92 Å². The number of amides is 1. The fourth-order valence-corrected chi connectivity index (χ4v) is 1.90. The van der Waals surface area contributed by atoms with Crippen molar-refractivity contribution >= 4 is 17.6 Å². The van der Waals surface area contributed by atoms with Gasteiger partial charge in [-0.15, -0.1) is 0 Å². The van der Waals surface area contributed by atoms with Gasteiger partial charge in [-0.1, -0.05) is 17.7 Å². The maximum absolute atomic E-state index is 11.9. The number of hydrogen-bond donors (Lipinski definition) is 1. The minimum absolute atomic E-state index is 0.333. The van der Waals surface area contributed by atoms with Gasteiger partial charge in [-0.2, -0.15) is 0 Å². The number of hydrogen-bond acceptors (Lipinski definition) is 4. The van der Waals surface area contributed by atoms with Crippen molar-refractivity contribution in [3.05, 3.63) is 59.7 Å². The van der Waals surface area contributed by atoms with Crippen molar-refractivity contribution in [2.24, 2.45) is 0 Å². The molecule has 23 heavy (non-hydrogen) atoms. The maximum Gasteiger partial charge on any atom is 0.338 e. The molecule has 2 rings (SSSR count). The standard InChI is InChI=1S/C18H19NO4/c1-3-22-16-10-6-14(7-11-16)18(21)23-12-17(20)19-15-8-4-13(2)5-9-15/h4-11H,3,12H2,1-2H3,(H,19,20). The van der Waals surface area contributed by atoms with Crippen molar-refractivity contribution in [3.63, 3.8) is 0 Å². The Bertz CT molecular complexity index is 662. The monoisotopic (exact) mass is 313 g/mol. The highest BCUT2D eigenvalue weighted by Gasteiger charge is 2.10. The average Bonchev–Trinajstić information content (AvgIpc) is 2.56. The highest BCUT2D eigenvalue weighted by molar-refractivity contribution is 5.95. The van der Waals surface area contributed by atoms with E-state index in [9.17, 15) is 9.59 Å². The number of ether oxygens (including phenoxy) is 2. The number of aryl methyl sites for hydroxylation is 1. The lowest BCUT2D eigenvalue weighted by Crippen LogP contribution is -2.20. The summed E-state index contributed by atoms with van der Waals surface area (Å²) < 4.78 is 10.3. The van der Waals surface area contributed by atoms with Crippen LogP contribution in [-0.4, -0.2) is 25.1 Å². The fraction of sp³-hybridized carbons (Fsp3) is 0.222. The Balaban J connectivity index is 1.83. The molecule has 2 aromatic carbocycles. The topological polar surface area (TPSA) is 64.6 Å². The van der Waals surface area contributed by atoms with Gasteiger partial charge in [0.2, 0.25) is 0 Å². The third kappa shape index (κ3) is 5.14. The minimum Gasteiger partial charge on any atom is -0.494 e. The lowest BCUT2D eigenvalue weighted by molar-refractivity contribution is -0.119. The van der Waals surface area contributed by atoms with Crippen LogP contribution < -0.4 is 10.1 Å². The summed E-state index contributed by atoms with van der Waals surface area (Å²) in [5.74, 6) is -0.249. The van der Waals surface area contributed by atoms with Crippen LogP contribution in [-0.2, 0) is 9.53 Å². The van der Waals surface area contributed by atoms with E-state index in [1.165, 1.54) is 0 Å². The second-order valence-corrected chi connectivity index (χ2v) is 4.95. The van der Waals surface area contributed by atoms with Crippen molar-refractivity contribution in [1.29, 1.82) is 0 Å². The molecule has 0 radical (unpaired) electrons. The van der Waals surface area contributed by atoms with Gasteiger partial charge in [-0.25, -0.2) is 4.79 Å². The molecule has 0 saturated carbocycles. The molecule has 0 aliphatic heterocycles. The summed E-state index contributed by atoms with van der Waals surface area (Å²) in [6.07, 6.45) is 0. The van der Waals surface area contributed by atoms with Crippen LogP contribution in [0.25, 0.3) is 0 Å². The van der Waals surface area contributed by atoms with Crippen molar-refractivity contribution < 1.29 is 19.1 Å². The van der Waals surface area contributed by atoms with Crippen molar-refractivity contribution in [3.8, 4) is 5.75 Å². The third-order valence-corrected chi connectivity index (χ3v) is 3.07. The molecule has 0 atom stereocenters. The van der Waals surface area contributed by atoms with Crippen LogP contribution in [0.15, 0.2) is 48.5 Å². The van der Waals surface area contributed by atoms with Gasteiger partial charge in [0.05, 0.1) is 12.2 Å². The van der Waals surface area contributed by atoms with Crippen LogP contribution >= 0.6 is 0 Å². The molecule has 1 N–H and O–H groups in total. The summed E-state index contributed by atoms with van der Waals surface area (Å²) in [6, 6.07) is 13.9. The van der Waals surface area contributed by atoms with Crippen molar-refractivity contribution in [2.45, 2.75) is 13.8 Å². The van der Waals surface area contributed by atoms with Crippen LogP contribution in [0.1, 0.15) is 22.8 Å². The highest BCUT2D eigenvalue weighted by atomic mass is 16.5. The molecule has 2 aromatic rings. The minimum atomic E-state index is -0.549. The van der Waals surface area contributed by atoms with Gasteiger partial charge in [-0.3, -0.25) is 4.79 Å². The lowest BCUT2D eigenvalue weighted by atomic mass is 10.2. The Labute approximate surface area is 135 Å². The first kappa shape index (κ1) is 16.5. The average molecular weight is 313 g/mol. The Morgan fingerprint density at radius 1 is 1.00 bits per heavy atom. The maximum atomic E-state index is 11.9. The number of nitrogens with one attached hydrogen (secondary N) is 1. The molecule has 0 saturated heterocycles. The Hall–Kier alpha value is -2.82. The SMILES string of the molecule is CCOc1ccc(C(=O)OCC(=O)Nc2ccc(C)cc2)cc1. The predicted molar refractivity (Wildman–Crippen MR) is 87.7 cm³/mol. The van der Waals surface area contributed by atoms with Crippen molar-refractivity contribution in [2.75, 3.05) is 18.5 Å². The predicted octanol–water partition coefficient (Wildman–Crippen LogP) is 3.19. The van der Waals surface area contributed by atoms with E-state index >= 15 is 0 Å². The number of anilines is 1. The molecule has 0 heterocycles.